The highest BCUT2D eigenvalue weighted by Gasteiger charge is 2.36. The van der Waals surface area contributed by atoms with Gasteiger partial charge in [0, 0.05) is 6.54 Å². The smallest absolute Gasteiger partial charge is 0.167 e. The fourth-order valence-electron chi connectivity index (χ4n) is 3.21. The summed E-state index contributed by atoms with van der Waals surface area (Å²) < 4.78 is 7.87. The summed E-state index contributed by atoms with van der Waals surface area (Å²) in [6.07, 6.45) is 3.24. The van der Waals surface area contributed by atoms with Crippen LogP contribution in [0.5, 0.6) is 0 Å². The zero-order valence-electron chi connectivity index (χ0n) is 13.6. The van der Waals surface area contributed by atoms with Gasteiger partial charge in [-0.3, -0.25) is 4.57 Å². The van der Waals surface area contributed by atoms with Gasteiger partial charge < -0.3 is 20.9 Å². The number of nitrogens with two attached hydrogens (primary N) is 1. The molecule has 1 fully saturated rings. The number of hydrogen-bond acceptors (Lipinski definition) is 7. The van der Waals surface area contributed by atoms with Gasteiger partial charge in [0.1, 0.15) is 11.8 Å². The van der Waals surface area contributed by atoms with Gasteiger partial charge in [-0.25, -0.2) is 15.0 Å². The molecular formula is C17H20N6O2. The Morgan fingerprint density at radius 3 is 2.88 bits per heavy atom. The molecule has 0 spiro atoms. The largest absolute Gasteiger partial charge is 0.394 e. The van der Waals surface area contributed by atoms with Crippen molar-refractivity contribution in [3.05, 3.63) is 48.5 Å². The SMILES string of the molecule is Nc1ncnc2c1ncn2[C@@H]1O[C@H](CO)CC1NCc1ccccc1. The van der Waals surface area contributed by atoms with Gasteiger partial charge in [-0.15, -0.1) is 0 Å². The molecule has 3 atom stereocenters. The van der Waals surface area contributed by atoms with E-state index in [4.69, 9.17) is 10.5 Å². The highest BCUT2D eigenvalue weighted by Crippen LogP contribution is 2.31. The Bertz CT molecular complexity index is 853. The van der Waals surface area contributed by atoms with E-state index in [0.29, 0.717) is 29.9 Å². The third-order valence-corrected chi connectivity index (χ3v) is 4.47. The molecule has 2 aromatic heterocycles. The lowest BCUT2D eigenvalue weighted by atomic mass is 10.1. The molecule has 0 radical (unpaired) electrons. The van der Waals surface area contributed by atoms with Gasteiger partial charge in [-0.05, 0) is 12.0 Å². The van der Waals surface area contributed by atoms with E-state index in [1.54, 1.807) is 6.33 Å². The summed E-state index contributed by atoms with van der Waals surface area (Å²) in [4.78, 5) is 12.6. The number of aliphatic hydroxyl groups excluding tert-OH is 1. The van der Waals surface area contributed by atoms with Crippen LogP contribution in [0.1, 0.15) is 18.2 Å². The maximum Gasteiger partial charge on any atom is 0.167 e. The van der Waals surface area contributed by atoms with Crippen LogP contribution in [0.2, 0.25) is 0 Å². The van der Waals surface area contributed by atoms with Gasteiger partial charge in [0.05, 0.1) is 25.1 Å². The van der Waals surface area contributed by atoms with Gasteiger partial charge in [-0.2, -0.15) is 0 Å². The van der Waals surface area contributed by atoms with Crippen molar-refractivity contribution in [2.45, 2.75) is 31.3 Å². The molecule has 0 amide bonds. The van der Waals surface area contributed by atoms with Crippen LogP contribution in [-0.4, -0.2) is 43.4 Å². The van der Waals surface area contributed by atoms with Gasteiger partial charge in [0.15, 0.2) is 17.7 Å². The molecule has 3 aromatic rings. The molecular weight excluding hydrogens is 320 g/mol. The number of nitrogen functional groups attached to an aromatic ring is 1. The number of aliphatic hydroxyl groups is 1. The fourth-order valence-corrected chi connectivity index (χ4v) is 3.21. The highest BCUT2D eigenvalue weighted by atomic mass is 16.5. The van der Waals surface area contributed by atoms with Crippen molar-refractivity contribution < 1.29 is 9.84 Å². The zero-order valence-corrected chi connectivity index (χ0v) is 13.6. The Balaban J connectivity index is 1.60. The Labute approximate surface area is 144 Å². The van der Waals surface area contributed by atoms with E-state index in [9.17, 15) is 5.11 Å². The maximum atomic E-state index is 9.52. The van der Waals surface area contributed by atoms with Crippen LogP contribution in [0.3, 0.4) is 0 Å². The van der Waals surface area contributed by atoms with Gasteiger partial charge in [-0.1, -0.05) is 30.3 Å². The van der Waals surface area contributed by atoms with Crippen molar-refractivity contribution in [3.8, 4) is 0 Å². The van der Waals surface area contributed by atoms with E-state index in [2.05, 4.69) is 32.4 Å². The topological polar surface area (TPSA) is 111 Å². The van der Waals surface area contributed by atoms with Crippen molar-refractivity contribution in [1.29, 1.82) is 0 Å². The van der Waals surface area contributed by atoms with Crippen LogP contribution in [0, 0.1) is 0 Å². The Kier molecular flexibility index (Phi) is 4.31. The van der Waals surface area contributed by atoms with Gasteiger partial charge >= 0.3 is 0 Å². The molecule has 1 saturated heterocycles. The van der Waals surface area contributed by atoms with E-state index in [0.717, 1.165) is 0 Å². The van der Waals surface area contributed by atoms with Crippen LogP contribution >= 0.6 is 0 Å². The molecule has 8 nitrogen and oxygen atoms in total. The number of rotatable bonds is 5. The molecule has 0 saturated carbocycles. The molecule has 4 N–H and O–H groups in total. The first kappa shape index (κ1) is 15.9. The molecule has 1 aliphatic heterocycles. The molecule has 0 bridgehead atoms. The molecule has 1 aromatic carbocycles. The minimum absolute atomic E-state index is 0.0194. The number of ether oxygens (including phenoxy) is 1. The summed E-state index contributed by atoms with van der Waals surface area (Å²) in [5, 5.41) is 13.0. The molecule has 25 heavy (non-hydrogen) atoms. The lowest BCUT2D eigenvalue weighted by Crippen LogP contribution is -2.34. The number of nitrogens with zero attached hydrogens (tertiary/aromatic N) is 4. The average Bonchev–Trinajstić information content (AvgIpc) is 3.25. The van der Waals surface area contributed by atoms with Crippen LogP contribution in [0.4, 0.5) is 5.82 Å². The van der Waals surface area contributed by atoms with E-state index in [-0.39, 0.29) is 25.0 Å². The van der Waals surface area contributed by atoms with E-state index < -0.39 is 0 Å². The third-order valence-electron chi connectivity index (χ3n) is 4.47. The first-order valence-electron chi connectivity index (χ1n) is 8.23. The first-order valence-corrected chi connectivity index (χ1v) is 8.23. The third kappa shape index (κ3) is 3.07. The second-order valence-electron chi connectivity index (χ2n) is 6.12. The van der Waals surface area contributed by atoms with E-state index in [1.807, 2.05) is 22.8 Å². The summed E-state index contributed by atoms with van der Waals surface area (Å²) in [5.74, 6) is 0.342. The van der Waals surface area contributed by atoms with Crippen LogP contribution in [0.15, 0.2) is 43.0 Å². The summed E-state index contributed by atoms with van der Waals surface area (Å²) in [7, 11) is 0. The normalized spacial score (nSPS) is 23.3. The second kappa shape index (κ2) is 6.75. The van der Waals surface area contributed by atoms with E-state index >= 15 is 0 Å². The van der Waals surface area contributed by atoms with Gasteiger partial charge in [0.25, 0.3) is 0 Å². The molecule has 1 unspecified atom stereocenters. The average molecular weight is 340 g/mol. The Hall–Kier alpha value is -2.55. The predicted octanol–water partition coefficient (Wildman–Crippen LogP) is 0.847. The summed E-state index contributed by atoms with van der Waals surface area (Å²) in [5.41, 5.74) is 8.24. The van der Waals surface area contributed by atoms with Crippen LogP contribution < -0.4 is 11.1 Å². The lowest BCUT2D eigenvalue weighted by Gasteiger charge is -2.21. The van der Waals surface area contributed by atoms with Crippen molar-refractivity contribution in [2.75, 3.05) is 12.3 Å². The predicted molar refractivity (Wildman–Crippen MR) is 92.4 cm³/mol. The van der Waals surface area contributed by atoms with Gasteiger partial charge in [0.2, 0.25) is 0 Å². The second-order valence-corrected chi connectivity index (χ2v) is 6.12. The highest BCUT2D eigenvalue weighted by molar-refractivity contribution is 5.81. The van der Waals surface area contributed by atoms with Crippen molar-refractivity contribution >= 4 is 17.0 Å². The molecule has 0 aliphatic carbocycles. The number of imidazole rings is 1. The Morgan fingerprint density at radius 1 is 1.24 bits per heavy atom. The minimum Gasteiger partial charge on any atom is -0.394 e. The number of hydrogen-bond donors (Lipinski definition) is 3. The van der Waals surface area contributed by atoms with Crippen LogP contribution in [-0.2, 0) is 11.3 Å². The number of nitrogens with one attached hydrogen (secondary N) is 1. The maximum absolute atomic E-state index is 9.52. The van der Waals surface area contributed by atoms with E-state index in [1.165, 1.54) is 11.9 Å². The van der Waals surface area contributed by atoms with Crippen molar-refractivity contribution in [2.24, 2.45) is 0 Å². The zero-order chi connectivity index (χ0) is 17.2. The lowest BCUT2D eigenvalue weighted by molar-refractivity contribution is -0.0265. The molecule has 8 heteroatoms. The minimum atomic E-state index is -0.319. The summed E-state index contributed by atoms with van der Waals surface area (Å²) in [6, 6.07) is 10.2. The first-order chi connectivity index (χ1) is 12.3. The molecule has 4 rings (SSSR count). The number of benzene rings is 1. The Morgan fingerprint density at radius 2 is 2.08 bits per heavy atom. The quantitative estimate of drug-likeness (QED) is 0.631. The number of aromatic nitrogens is 4. The molecule has 1 aliphatic rings. The number of anilines is 1. The summed E-state index contributed by atoms with van der Waals surface area (Å²) in [6.45, 7) is 0.692. The number of fused-ring (bicyclic) bond motifs is 1. The monoisotopic (exact) mass is 340 g/mol. The van der Waals surface area contributed by atoms with Crippen molar-refractivity contribution in [1.82, 2.24) is 24.8 Å². The fraction of sp³-hybridized carbons (Fsp3) is 0.353. The standard InChI is InChI=1S/C17H20N6O2/c18-15-14-16(21-9-20-15)23(10-22-14)17-13(6-12(8-24)25-17)19-7-11-4-2-1-3-5-11/h1-5,9-10,12-13,17,19,24H,6-8H2,(H2,18,20,21)/t12-,13?,17+/m0/s1. The molecule has 130 valence electrons. The van der Waals surface area contributed by atoms with Crippen LogP contribution in [0.25, 0.3) is 11.2 Å². The van der Waals surface area contributed by atoms with Crippen molar-refractivity contribution in [3.63, 3.8) is 0 Å². The summed E-state index contributed by atoms with van der Waals surface area (Å²) >= 11 is 0. The molecule has 3 heterocycles.